The molecule has 4 nitrogen and oxygen atoms in total. The molecule has 1 N–H and O–H groups in total. The first-order chi connectivity index (χ1) is 9.13. The molecule has 1 heterocycles. The van der Waals surface area contributed by atoms with E-state index in [0.717, 1.165) is 19.4 Å². The zero-order valence-corrected chi connectivity index (χ0v) is 12.2. The van der Waals surface area contributed by atoms with Crippen molar-refractivity contribution >= 4 is 10.0 Å². The number of sulfonamides is 1. The molecule has 0 fully saturated rings. The monoisotopic (exact) mass is 282 g/mol. The van der Waals surface area contributed by atoms with E-state index in [1.165, 1.54) is 11.1 Å². The van der Waals surface area contributed by atoms with Crippen LogP contribution in [0.1, 0.15) is 17.5 Å². The van der Waals surface area contributed by atoms with Gasteiger partial charge in [-0.2, -0.15) is 0 Å². The summed E-state index contributed by atoms with van der Waals surface area (Å²) in [5.41, 5.74) is 2.57. The molecule has 1 aromatic carbocycles. The highest BCUT2D eigenvalue weighted by molar-refractivity contribution is 7.89. The smallest absolute Gasteiger partial charge is 0.214 e. The van der Waals surface area contributed by atoms with Gasteiger partial charge in [-0.1, -0.05) is 24.3 Å². The molecule has 5 heteroatoms. The van der Waals surface area contributed by atoms with Crippen LogP contribution in [0.4, 0.5) is 0 Å². The molecule has 0 saturated heterocycles. The minimum absolute atomic E-state index is 0.240. The molecular weight excluding hydrogens is 260 g/mol. The molecule has 0 aromatic heterocycles. The third kappa shape index (κ3) is 3.78. The standard InChI is InChI=1S/C14H22N2O2S/c1-15-9-4-12-19(17,18)16-10-7-13-5-2-3-6-14(13)8-11-16/h2-3,5-6,15H,4,7-12H2,1H3. The number of nitrogens with zero attached hydrogens (tertiary/aromatic N) is 1. The molecule has 0 bridgehead atoms. The van der Waals surface area contributed by atoms with Crippen molar-refractivity contribution in [3.63, 3.8) is 0 Å². The van der Waals surface area contributed by atoms with Crippen LogP contribution in [-0.4, -0.2) is 45.2 Å². The van der Waals surface area contributed by atoms with Gasteiger partial charge in [-0.15, -0.1) is 0 Å². The zero-order chi connectivity index (χ0) is 13.7. The van der Waals surface area contributed by atoms with Crippen molar-refractivity contribution in [1.82, 2.24) is 9.62 Å². The predicted molar refractivity (Wildman–Crippen MR) is 77.8 cm³/mol. The quantitative estimate of drug-likeness (QED) is 0.821. The maximum absolute atomic E-state index is 12.3. The number of fused-ring (bicyclic) bond motifs is 1. The Bertz CT molecular complexity index is 487. The first-order valence-corrected chi connectivity index (χ1v) is 8.43. The Morgan fingerprint density at radius 2 is 1.74 bits per heavy atom. The molecule has 0 atom stereocenters. The molecule has 0 unspecified atom stereocenters. The van der Waals surface area contributed by atoms with E-state index < -0.39 is 10.0 Å². The average Bonchev–Trinajstić information content (AvgIpc) is 2.61. The lowest BCUT2D eigenvalue weighted by atomic mass is 10.0. The minimum atomic E-state index is -3.10. The molecule has 0 aliphatic carbocycles. The number of benzene rings is 1. The van der Waals surface area contributed by atoms with Gasteiger partial charge in [-0.05, 0) is 44.0 Å². The van der Waals surface area contributed by atoms with Crippen molar-refractivity contribution in [1.29, 1.82) is 0 Å². The summed E-state index contributed by atoms with van der Waals surface area (Å²) in [6, 6.07) is 8.25. The predicted octanol–water partition coefficient (Wildman–Crippen LogP) is 1.03. The van der Waals surface area contributed by atoms with Gasteiger partial charge in [-0.25, -0.2) is 12.7 Å². The minimum Gasteiger partial charge on any atom is -0.320 e. The van der Waals surface area contributed by atoms with Gasteiger partial charge in [0.2, 0.25) is 10.0 Å². The molecule has 0 amide bonds. The molecule has 1 aliphatic heterocycles. The Morgan fingerprint density at radius 3 is 2.26 bits per heavy atom. The van der Waals surface area contributed by atoms with Crippen LogP contribution >= 0.6 is 0 Å². The highest BCUT2D eigenvalue weighted by Gasteiger charge is 2.23. The molecule has 0 radical (unpaired) electrons. The van der Waals surface area contributed by atoms with Crippen LogP contribution in [0.15, 0.2) is 24.3 Å². The first kappa shape index (κ1) is 14.5. The van der Waals surface area contributed by atoms with E-state index >= 15 is 0 Å². The van der Waals surface area contributed by atoms with Crippen molar-refractivity contribution in [3.8, 4) is 0 Å². The lowest BCUT2D eigenvalue weighted by molar-refractivity contribution is 0.425. The highest BCUT2D eigenvalue weighted by Crippen LogP contribution is 2.17. The van der Waals surface area contributed by atoms with Crippen molar-refractivity contribution in [2.24, 2.45) is 0 Å². The fourth-order valence-corrected chi connectivity index (χ4v) is 3.99. The van der Waals surface area contributed by atoms with E-state index in [0.29, 0.717) is 19.5 Å². The van der Waals surface area contributed by atoms with Gasteiger partial charge in [0.1, 0.15) is 0 Å². The van der Waals surface area contributed by atoms with Gasteiger partial charge >= 0.3 is 0 Å². The summed E-state index contributed by atoms with van der Waals surface area (Å²) < 4.78 is 26.2. The van der Waals surface area contributed by atoms with Crippen molar-refractivity contribution in [2.75, 3.05) is 32.4 Å². The second-order valence-electron chi connectivity index (χ2n) is 4.94. The summed E-state index contributed by atoms with van der Waals surface area (Å²) in [5.74, 6) is 0.240. The molecule has 0 saturated carbocycles. The van der Waals surface area contributed by atoms with Crippen molar-refractivity contribution < 1.29 is 8.42 Å². The van der Waals surface area contributed by atoms with Gasteiger partial charge < -0.3 is 5.32 Å². The molecule has 2 rings (SSSR count). The highest BCUT2D eigenvalue weighted by atomic mass is 32.2. The molecule has 1 aromatic rings. The average molecular weight is 282 g/mol. The maximum Gasteiger partial charge on any atom is 0.214 e. The summed E-state index contributed by atoms with van der Waals surface area (Å²) in [5, 5.41) is 2.99. The Morgan fingerprint density at radius 1 is 1.16 bits per heavy atom. The van der Waals surface area contributed by atoms with Crippen LogP contribution in [0.3, 0.4) is 0 Å². The largest absolute Gasteiger partial charge is 0.320 e. The van der Waals surface area contributed by atoms with Crippen LogP contribution in [0.5, 0.6) is 0 Å². The Labute approximate surface area is 115 Å². The summed E-state index contributed by atoms with van der Waals surface area (Å²) in [6.07, 6.45) is 2.31. The van der Waals surface area contributed by atoms with Crippen LogP contribution in [0.2, 0.25) is 0 Å². The summed E-state index contributed by atoms with van der Waals surface area (Å²) in [7, 11) is -1.26. The van der Waals surface area contributed by atoms with Gasteiger partial charge in [0, 0.05) is 13.1 Å². The van der Waals surface area contributed by atoms with E-state index in [-0.39, 0.29) is 5.75 Å². The number of hydrogen-bond donors (Lipinski definition) is 1. The molecule has 106 valence electrons. The zero-order valence-electron chi connectivity index (χ0n) is 11.4. The molecule has 1 aliphatic rings. The van der Waals surface area contributed by atoms with Crippen LogP contribution in [0.25, 0.3) is 0 Å². The fraction of sp³-hybridized carbons (Fsp3) is 0.571. The number of nitrogens with one attached hydrogen (secondary N) is 1. The van der Waals surface area contributed by atoms with E-state index in [1.807, 2.05) is 19.2 Å². The Hall–Kier alpha value is -0.910. The van der Waals surface area contributed by atoms with E-state index in [9.17, 15) is 8.42 Å². The molecule has 0 spiro atoms. The van der Waals surface area contributed by atoms with Gasteiger partial charge in [0.15, 0.2) is 0 Å². The third-order valence-corrected chi connectivity index (χ3v) is 5.56. The second kappa shape index (κ2) is 6.50. The van der Waals surface area contributed by atoms with Gasteiger partial charge in [0.05, 0.1) is 5.75 Å². The van der Waals surface area contributed by atoms with E-state index in [2.05, 4.69) is 17.4 Å². The van der Waals surface area contributed by atoms with Crippen LogP contribution in [-0.2, 0) is 22.9 Å². The fourth-order valence-electron chi connectivity index (χ4n) is 2.49. The number of hydrogen-bond acceptors (Lipinski definition) is 3. The van der Waals surface area contributed by atoms with Crippen molar-refractivity contribution in [2.45, 2.75) is 19.3 Å². The second-order valence-corrected chi connectivity index (χ2v) is 7.03. The van der Waals surface area contributed by atoms with Gasteiger partial charge in [-0.3, -0.25) is 0 Å². The van der Waals surface area contributed by atoms with E-state index in [1.54, 1.807) is 4.31 Å². The maximum atomic E-state index is 12.3. The topological polar surface area (TPSA) is 49.4 Å². The number of rotatable bonds is 5. The Kier molecular flexibility index (Phi) is 4.96. The first-order valence-electron chi connectivity index (χ1n) is 6.83. The Balaban J connectivity index is 2.01. The lowest BCUT2D eigenvalue weighted by Crippen LogP contribution is -2.35. The summed E-state index contributed by atoms with van der Waals surface area (Å²) in [6.45, 7) is 1.96. The van der Waals surface area contributed by atoms with Gasteiger partial charge in [0.25, 0.3) is 0 Å². The summed E-state index contributed by atoms with van der Waals surface area (Å²) >= 11 is 0. The molecular formula is C14H22N2O2S. The third-order valence-electron chi connectivity index (χ3n) is 3.60. The van der Waals surface area contributed by atoms with Crippen LogP contribution in [0, 0.1) is 0 Å². The normalized spacial score (nSPS) is 16.9. The SMILES string of the molecule is CNCCCS(=O)(=O)N1CCc2ccccc2CC1. The molecule has 19 heavy (non-hydrogen) atoms. The van der Waals surface area contributed by atoms with E-state index in [4.69, 9.17) is 0 Å². The van der Waals surface area contributed by atoms with Crippen molar-refractivity contribution in [3.05, 3.63) is 35.4 Å². The lowest BCUT2D eigenvalue weighted by Gasteiger charge is -2.19. The van der Waals surface area contributed by atoms with Crippen LogP contribution < -0.4 is 5.32 Å². The summed E-state index contributed by atoms with van der Waals surface area (Å²) in [4.78, 5) is 0.